The molecule has 0 bridgehead atoms. The molecule has 3 heteroatoms. The van der Waals surface area contributed by atoms with Crippen molar-refractivity contribution in [2.24, 2.45) is 11.3 Å². The van der Waals surface area contributed by atoms with Crippen LogP contribution < -0.4 is 0 Å². The summed E-state index contributed by atoms with van der Waals surface area (Å²) >= 11 is 8.98. The predicted octanol–water partition coefficient (Wildman–Crippen LogP) is 5.11. The first-order valence-electron chi connectivity index (χ1n) is 4.78. The molecule has 0 aliphatic rings. The lowest BCUT2D eigenvalue weighted by molar-refractivity contribution is 0.260. The summed E-state index contributed by atoms with van der Waals surface area (Å²) in [5.74, 6) is 0.697. The molecule has 0 N–H and O–H groups in total. The average Bonchev–Trinajstić information content (AvgIpc) is 2.50. The Kier molecular flexibility index (Phi) is 4.66. The first kappa shape index (κ1) is 12.7. The van der Waals surface area contributed by atoms with E-state index in [1.54, 1.807) is 0 Å². The van der Waals surface area contributed by atoms with Gasteiger partial charge in [-0.25, -0.2) is 0 Å². The number of halogens is 2. The SMILES string of the molecule is CC(C)C(C)(CBr)Cc1ccc(Br)s1. The summed E-state index contributed by atoms with van der Waals surface area (Å²) in [6, 6.07) is 4.35. The van der Waals surface area contributed by atoms with Gasteiger partial charge in [-0.3, -0.25) is 0 Å². The molecule has 1 unspecified atom stereocenters. The highest BCUT2D eigenvalue weighted by molar-refractivity contribution is 9.11. The van der Waals surface area contributed by atoms with E-state index in [0.717, 1.165) is 11.8 Å². The highest BCUT2D eigenvalue weighted by atomic mass is 79.9. The van der Waals surface area contributed by atoms with Crippen LogP contribution >= 0.6 is 43.2 Å². The summed E-state index contributed by atoms with van der Waals surface area (Å²) in [7, 11) is 0. The van der Waals surface area contributed by atoms with Gasteiger partial charge in [-0.2, -0.15) is 0 Å². The van der Waals surface area contributed by atoms with Crippen molar-refractivity contribution in [3.63, 3.8) is 0 Å². The van der Waals surface area contributed by atoms with E-state index in [0.29, 0.717) is 11.3 Å². The molecule has 80 valence electrons. The van der Waals surface area contributed by atoms with Crippen LogP contribution in [0.4, 0.5) is 0 Å². The lowest BCUT2D eigenvalue weighted by Gasteiger charge is -2.31. The van der Waals surface area contributed by atoms with Gasteiger partial charge < -0.3 is 0 Å². The molecule has 0 amide bonds. The minimum Gasteiger partial charge on any atom is -0.133 e. The molecule has 1 aromatic heterocycles. The predicted molar refractivity (Wildman–Crippen MR) is 72.5 cm³/mol. The van der Waals surface area contributed by atoms with Crippen LogP contribution in [-0.2, 0) is 6.42 Å². The van der Waals surface area contributed by atoms with Gasteiger partial charge in [0.2, 0.25) is 0 Å². The Morgan fingerprint density at radius 1 is 1.43 bits per heavy atom. The molecule has 0 aromatic carbocycles. The lowest BCUT2D eigenvalue weighted by Crippen LogP contribution is -2.27. The molecule has 0 aliphatic carbocycles. The van der Waals surface area contributed by atoms with Crippen molar-refractivity contribution in [1.82, 2.24) is 0 Å². The molecular formula is C11H16Br2S. The van der Waals surface area contributed by atoms with Gasteiger partial charge >= 0.3 is 0 Å². The minimum atomic E-state index is 0.365. The molecule has 0 saturated carbocycles. The number of rotatable bonds is 4. The van der Waals surface area contributed by atoms with Gasteiger partial charge in [0.1, 0.15) is 0 Å². The van der Waals surface area contributed by atoms with Gasteiger partial charge in [0.05, 0.1) is 3.79 Å². The molecule has 1 atom stereocenters. The number of hydrogen-bond acceptors (Lipinski definition) is 1. The smallest absolute Gasteiger partial charge is 0.0701 e. The third-order valence-corrected chi connectivity index (χ3v) is 5.81. The molecule has 0 aliphatic heterocycles. The Labute approximate surface area is 107 Å². The highest BCUT2D eigenvalue weighted by Crippen LogP contribution is 2.36. The molecule has 1 heterocycles. The van der Waals surface area contributed by atoms with Crippen LogP contribution in [0.1, 0.15) is 25.6 Å². The fraction of sp³-hybridized carbons (Fsp3) is 0.636. The third-order valence-electron chi connectivity index (χ3n) is 2.91. The Balaban J connectivity index is 2.75. The van der Waals surface area contributed by atoms with Crippen molar-refractivity contribution in [2.45, 2.75) is 27.2 Å². The highest BCUT2D eigenvalue weighted by Gasteiger charge is 2.27. The van der Waals surface area contributed by atoms with Crippen LogP contribution in [-0.4, -0.2) is 5.33 Å². The van der Waals surface area contributed by atoms with Gasteiger partial charge in [0.15, 0.2) is 0 Å². The van der Waals surface area contributed by atoms with Crippen LogP contribution in [0.2, 0.25) is 0 Å². The third kappa shape index (κ3) is 3.07. The molecule has 0 fully saturated rings. The zero-order valence-electron chi connectivity index (χ0n) is 8.81. The Bertz CT molecular complexity index is 293. The summed E-state index contributed by atoms with van der Waals surface area (Å²) in [6.45, 7) is 6.94. The second-order valence-electron chi connectivity index (χ2n) is 4.32. The van der Waals surface area contributed by atoms with Crippen molar-refractivity contribution < 1.29 is 0 Å². The summed E-state index contributed by atoms with van der Waals surface area (Å²) in [5, 5.41) is 1.06. The van der Waals surface area contributed by atoms with Crippen LogP contribution in [0, 0.1) is 11.3 Å². The average molecular weight is 340 g/mol. The minimum absolute atomic E-state index is 0.365. The fourth-order valence-corrected chi connectivity index (χ4v) is 3.78. The van der Waals surface area contributed by atoms with Gasteiger partial charge in [-0.1, -0.05) is 36.7 Å². The monoisotopic (exact) mass is 338 g/mol. The van der Waals surface area contributed by atoms with E-state index in [2.05, 4.69) is 64.8 Å². The normalized spacial score (nSPS) is 15.9. The van der Waals surface area contributed by atoms with Crippen molar-refractivity contribution in [3.8, 4) is 0 Å². The molecule has 1 rings (SSSR count). The quantitative estimate of drug-likeness (QED) is 0.668. The summed E-state index contributed by atoms with van der Waals surface area (Å²) in [6.07, 6.45) is 1.16. The molecule has 0 nitrogen and oxygen atoms in total. The Morgan fingerprint density at radius 2 is 2.07 bits per heavy atom. The largest absolute Gasteiger partial charge is 0.133 e. The Hall–Kier alpha value is 0.660. The van der Waals surface area contributed by atoms with Crippen molar-refractivity contribution in [2.75, 3.05) is 5.33 Å². The van der Waals surface area contributed by atoms with Crippen LogP contribution in [0.15, 0.2) is 15.9 Å². The van der Waals surface area contributed by atoms with E-state index >= 15 is 0 Å². The van der Waals surface area contributed by atoms with Gasteiger partial charge in [-0.15, -0.1) is 11.3 Å². The fourth-order valence-electron chi connectivity index (χ4n) is 1.25. The second-order valence-corrected chi connectivity index (χ2v) is 7.43. The number of alkyl halides is 1. The Morgan fingerprint density at radius 3 is 2.43 bits per heavy atom. The van der Waals surface area contributed by atoms with E-state index in [1.165, 1.54) is 8.66 Å². The summed E-state index contributed by atoms with van der Waals surface area (Å²) in [5.41, 5.74) is 0.365. The maximum absolute atomic E-state index is 3.63. The molecular weight excluding hydrogens is 324 g/mol. The zero-order valence-corrected chi connectivity index (χ0v) is 12.8. The van der Waals surface area contributed by atoms with Crippen LogP contribution in [0.3, 0.4) is 0 Å². The summed E-state index contributed by atoms with van der Waals surface area (Å²) in [4.78, 5) is 1.47. The van der Waals surface area contributed by atoms with E-state index in [1.807, 2.05) is 11.3 Å². The van der Waals surface area contributed by atoms with E-state index in [4.69, 9.17) is 0 Å². The number of thiophene rings is 1. The van der Waals surface area contributed by atoms with Crippen LogP contribution in [0.5, 0.6) is 0 Å². The standard InChI is InChI=1S/C11H16Br2S/c1-8(2)11(3,7-12)6-9-4-5-10(13)14-9/h4-5,8H,6-7H2,1-3H3. The van der Waals surface area contributed by atoms with Crippen molar-refractivity contribution in [1.29, 1.82) is 0 Å². The molecule has 0 spiro atoms. The van der Waals surface area contributed by atoms with Crippen molar-refractivity contribution >= 4 is 43.2 Å². The van der Waals surface area contributed by atoms with Crippen LogP contribution in [0.25, 0.3) is 0 Å². The van der Waals surface area contributed by atoms with Gasteiger partial charge in [0, 0.05) is 10.2 Å². The van der Waals surface area contributed by atoms with Gasteiger partial charge in [0.25, 0.3) is 0 Å². The second kappa shape index (κ2) is 5.13. The summed E-state index contributed by atoms with van der Waals surface area (Å²) < 4.78 is 1.23. The maximum atomic E-state index is 3.63. The van der Waals surface area contributed by atoms with Crippen molar-refractivity contribution in [3.05, 3.63) is 20.8 Å². The first-order chi connectivity index (χ1) is 6.48. The molecule has 14 heavy (non-hydrogen) atoms. The number of hydrogen-bond donors (Lipinski definition) is 0. The molecule has 1 aromatic rings. The molecule has 0 saturated heterocycles. The van der Waals surface area contributed by atoms with E-state index in [9.17, 15) is 0 Å². The van der Waals surface area contributed by atoms with E-state index < -0.39 is 0 Å². The lowest BCUT2D eigenvalue weighted by atomic mass is 9.78. The molecule has 0 radical (unpaired) electrons. The zero-order chi connectivity index (χ0) is 10.8. The van der Waals surface area contributed by atoms with E-state index in [-0.39, 0.29) is 0 Å². The first-order valence-corrected chi connectivity index (χ1v) is 7.51. The maximum Gasteiger partial charge on any atom is 0.0701 e. The topological polar surface area (TPSA) is 0 Å². The van der Waals surface area contributed by atoms with Gasteiger partial charge in [-0.05, 0) is 45.8 Å².